The number of sulfonamides is 1. The molecule has 0 bridgehead atoms. The highest BCUT2D eigenvalue weighted by Gasteiger charge is 2.27. The maximum Gasteiger partial charge on any atom is 0.267 e. The van der Waals surface area contributed by atoms with Crippen molar-refractivity contribution < 1.29 is 17.9 Å². The van der Waals surface area contributed by atoms with E-state index in [9.17, 15) is 13.2 Å². The fourth-order valence-corrected chi connectivity index (χ4v) is 4.94. The quantitative estimate of drug-likeness (QED) is 0.661. The van der Waals surface area contributed by atoms with Gasteiger partial charge >= 0.3 is 0 Å². The van der Waals surface area contributed by atoms with E-state index in [2.05, 4.69) is 28.2 Å². The van der Waals surface area contributed by atoms with E-state index in [1.165, 1.54) is 0 Å². The van der Waals surface area contributed by atoms with E-state index >= 15 is 0 Å². The maximum atomic E-state index is 12.6. The zero-order valence-electron chi connectivity index (χ0n) is 17.5. The van der Waals surface area contributed by atoms with Gasteiger partial charge in [0.15, 0.2) is 0 Å². The Morgan fingerprint density at radius 3 is 2.50 bits per heavy atom. The third-order valence-electron chi connectivity index (χ3n) is 5.03. The highest BCUT2D eigenvalue weighted by atomic mass is 32.2. The number of carbonyl (C=O) groups excluding carboxylic acids is 1. The van der Waals surface area contributed by atoms with Gasteiger partial charge in [-0.25, -0.2) is 13.1 Å². The summed E-state index contributed by atoms with van der Waals surface area (Å²) in [5.41, 5.74) is 0.653. The number of aromatic nitrogens is 2. The second-order valence-electron chi connectivity index (χ2n) is 7.95. The van der Waals surface area contributed by atoms with Crippen molar-refractivity contribution in [2.24, 2.45) is 11.8 Å². The molecule has 0 unspecified atom stereocenters. The van der Waals surface area contributed by atoms with Crippen LogP contribution in [-0.2, 0) is 10.0 Å². The lowest BCUT2D eigenvalue weighted by atomic mass is 9.97. The van der Waals surface area contributed by atoms with Gasteiger partial charge in [0.2, 0.25) is 10.0 Å². The number of nitrogens with one attached hydrogen (secondary N) is 1. The number of rotatable bonds is 8. The zero-order chi connectivity index (χ0) is 21.7. The van der Waals surface area contributed by atoms with E-state index < -0.39 is 10.0 Å². The molecule has 1 aromatic heterocycles. The lowest BCUT2D eigenvalue weighted by Gasteiger charge is -2.31. The van der Waals surface area contributed by atoms with Crippen molar-refractivity contribution in [2.75, 3.05) is 26.2 Å². The minimum Gasteiger partial charge on any atom is -0.493 e. The molecule has 1 fully saturated rings. The molecule has 164 valence electrons. The topological polar surface area (TPSA) is 101 Å². The molecule has 1 aliphatic rings. The molecule has 1 amide bonds. The predicted molar refractivity (Wildman–Crippen MR) is 115 cm³/mol. The minimum atomic E-state index is -3.58. The molecule has 0 spiro atoms. The van der Waals surface area contributed by atoms with Gasteiger partial charge in [-0.1, -0.05) is 18.3 Å². The summed E-state index contributed by atoms with van der Waals surface area (Å²) in [5, 5.41) is 3.89. The molecule has 1 saturated heterocycles. The van der Waals surface area contributed by atoms with Gasteiger partial charge in [0.1, 0.15) is 10.6 Å². The molecule has 0 aliphatic carbocycles. The smallest absolute Gasteiger partial charge is 0.267 e. The predicted octanol–water partition coefficient (Wildman–Crippen LogP) is 2.71. The number of carbonyl (C=O) groups is 1. The Labute approximate surface area is 181 Å². The molecular weight excluding hydrogens is 424 g/mol. The van der Waals surface area contributed by atoms with Crippen LogP contribution >= 0.6 is 11.5 Å². The van der Waals surface area contributed by atoms with Crippen molar-refractivity contribution in [2.45, 2.75) is 38.5 Å². The van der Waals surface area contributed by atoms with E-state index in [1.54, 1.807) is 36.1 Å². The van der Waals surface area contributed by atoms with E-state index in [-0.39, 0.29) is 16.7 Å². The first kappa shape index (κ1) is 22.6. The first-order valence-corrected chi connectivity index (χ1v) is 12.3. The van der Waals surface area contributed by atoms with Crippen LogP contribution in [0.2, 0.25) is 0 Å². The standard InChI is InChI=1S/C20H28N4O4S2/c1-14(2)13-28-17-4-6-18(7-5-17)30(26,27)21-12-16-8-10-24(11-9-16)20(25)19-15(3)22-23-29-19/h4-7,14,16,21H,8-13H2,1-3H3. The Bertz CT molecular complexity index is 949. The van der Waals surface area contributed by atoms with E-state index in [0.717, 1.165) is 24.4 Å². The second kappa shape index (κ2) is 9.84. The number of aryl methyl sites for hydroxylation is 1. The number of nitrogens with zero attached hydrogens (tertiary/aromatic N) is 3. The van der Waals surface area contributed by atoms with Gasteiger partial charge in [-0.15, -0.1) is 5.10 Å². The maximum absolute atomic E-state index is 12.6. The van der Waals surface area contributed by atoms with Crippen molar-refractivity contribution in [3.05, 3.63) is 34.8 Å². The van der Waals surface area contributed by atoms with Gasteiger partial charge in [-0.05, 0) is 67.4 Å². The lowest BCUT2D eigenvalue weighted by Crippen LogP contribution is -2.41. The molecule has 1 aliphatic heterocycles. The number of hydrogen-bond donors (Lipinski definition) is 1. The largest absolute Gasteiger partial charge is 0.493 e. The number of ether oxygens (including phenoxy) is 1. The van der Waals surface area contributed by atoms with Crippen LogP contribution < -0.4 is 9.46 Å². The van der Waals surface area contributed by atoms with Crippen molar-refractivity contribution in [3.63, 3.8) is 0 Å². The Morgan fingerprint density at radius 1 is 1.27 bits per heavy atom. The summed E-state index contributed by atoms with van der Waals surface area (Å²) in [6.45, 7) is 8.04. The summed E-state index contributed by atoms with van der Waals surface area (Å²) in [7, 11) is -3.58. The molecule has 0 atom stereocenters. The summed E-state index contributed by atoms with van der Waals surface area (Å²) in [5.74, 6) is 1.21. The van der Waals surface area contributed by atoms with E-state index in [0.29, 0.717) is 48.5 Å². The highest BCUT2D eigenvalue weighted by molar-refractivity contribution is 7.89. The van der Waals surface area contributed by atoms with Crippen LogP contribution in [0.4, 0.5) is 0 Å². The van der Waals surface area contributed by atoms with Gasteiger partial charge in [0.05, 0.1) is 17.2 Å². The Kier molecular flexibility index (Phi) is 7.43. The molecule has 8 nitrogen and oxygen atoms in total. The molecule has 1 N–H and O–H groups in total. The van der Waals surface area contributed by atoms with Gasteiger partial charge in [0, 0.05) is 19.6 Å². The van der Waals surface area contributed by atoms with Crippen molar-refractivity contribution in [3.8, 4) is 5.75 Å². The van der Waals surface area contributed by atoms with Crippen LogP contribution in [0.15, 0.2) is 29.2 Å². The fraction of sp³-hybridized carbons (Fsp3) is 0.550. The first-order valence-electron chi connectivity index (χ1n) is 10.1. The van der Waals surface area contributed by atoms with E-state index in [1.807, 2.05) is 0 Å². The van der Waals surface area contributed by atoms with Crippen LogP contribution in [-0.4, -0.2) is 55.1 Å². The van der Waals surface area contributed by atoms with Crippen LogP contribution in [0.1, 0.15) is 42.1 Å². The first-order chi connectivity index (χ1) is 14.3. The number of amides is 1. The third-order valence-corrected chi connectivity index (χ3v) is 7.28. The molecular formula is C20H28N4O4S2. The van der Waals surface area contributed by atoms with Crippen molar-refractivity contribution >= 4 is 27.5 Å². The van der Waals surface area contributed by atoms with Crippen LogP contribution in [0.3, 0.4) is 0 Å². The molecule has 30 heavy (non-hydrogen) atoms. The SMILES string of the molecule is Cc1nnsc1C(=O)N1CCC(CNS(=O)(=O)c2ccc(OCC(C)C)cc2)CC1. The summed E-state index contributed by atoms with van der Waals surface area (Å²) >= 11 is 1.12. The Morgan fingerprint density at radius 2 is 1.93 bits per heavy atom. The summed E-state index contributed by atoms with van der Waals surface area (Å²) < 4.78 is 37.3. The van der Waals surface area contributed by atoms with Crippen LogP contribution in [0.25, 0.3) is 0 Å². The van der Waals surface area contributed by atoms with Crippen LogP contribution in [0, 0.1) is 18.8 Å². The average molecular weight is 453 g/mol. The zero-order valence-corrected chi connectivity index (χ0v) is 19.1. The molecule has 10 heteroatoms. The van der Waals surface area contributed by atoms with E-state index in [4.69, 9.17) is 4.74 Å². The van der Waals surface area contributed by atoms with Gasteiger partial charge < -0.3 is 9.64 Å². The number of benzene rings is 1. The molecule has 2 aromatic rings. The van der Waals surface area contributed by atoms with Gasteiger partial charge in [0.25, 0.3) is 5.91 Å². The number of hydrogen-bond acceptors (Lipinski definition) is 7. The lowest BCUT2D eigenvalue weighted by molar-refractivity contribution is 0.0696. The molecule has 2 heterocycles. The normalized spacial score (nSPS) is 15.5. The highest BCUT2D eigenvalue weighted by Crippen LogP contribution is 2.22. The summed E-state index contributed by atoms with van der Waals surface area (Å²) in [6.07, 6.45) is 1.50. The monoisotopic (exact) mass is 452 g/mol. The third kappa shape index (κ3) is 5.77. The Balaban J connectivity index is 1.48. The molecule has 0 radical (unpaired) electrons. The van der Waals surface area contributed by atoms with Crippen molar-refractivity contribution in [1.82, 2.24) is 19.2 Å². The molecule has 3 rings (SSSR count). The minimum absolute atomic E-state index is 0.0405. The Hall–Kier alpha value is -2.04. The molecule has 0 saturated carbocycles. The number of likely N-dealkylation sites (tertiary alicyclic amines) is 1. The second-order valence-corrected chi connectivity index (χ2v) is 10.5. The number of piperidine rings is 1. The fourth-order valence-electron chi connectivity index (χ4n) is 3.20. The van der Waals surface area contributed by atoms with Gasteiger partial charge in [-0.3, -0.25) is 4.79 Å². The average Bonchev–Trinajstić information content (AvgIpc) is 3.17. The van der Waals surface area contributed by atoms with Crippen LogP contribution in [0.5, 0.6) is 5.75 Å². The van der Waals surface area contributed by atoms with Crippen molar-refractivity contribution in [1.29, 1.82) is 0 Å². The summed E-state index contributed by atoms with van der Waals surface area (Å²) in [6, 6.07) is 6.48. The summed E-state index contributed by atoms with van der Waals surface area (Å²) in [4.78, 5) is 15.1. The van der Waals surface area contributed by atoms with Gasteiger partial charge in [-0.2, -0.15) is 0 Å². The molecule has 1 aromatic carbocycles.